The molecule has 0 saturated heterocycles. The normalized spacial score (nSPS) is 26.2. The molecule has 1 saturated carbocycles. The molecule has 3 aliphatic carbocycles. The predicted octanol–water partition coefficient (Wildman–Crippen LogP) is 2.14. The Morgan fingerprint density at radius 3 is 2.50 bits per heavy atom. The van der Waals surface area contributed by atoms with Crippen LogP contribution in [0.5, 0.6) is 11.5 Å². The number of ether oxygens (including phenoxy) is 1. The van der Waals surface area contributed by atoms with Gasteiger partial charge in [-0.1, -0.05) is 30.4 Å². The summed E-state index contributed by atoms with van der Waals surface area (Å²) >= 11 is 0. The predicted molar refractivity (Wildman–Crippen MR) is 146 cm³/mol. The Labute approximate surface area is 230 Å². The third kappa shape index (κ3) is 3.90. The van der Waals surface area contributed by atoms with E-state index in [0.29, 0.717) is 16.9 Å². The van der Waals surface area contributed by atoms with Crippen molar-refractivity contribution < 1.29 is 39.5 Å². The standard InChI is InChI=1S/C30H30N2O8/c1-32(2)24-19-13-16-12-18-15(8-7-14-5-4-6-17(11-14)40-3)9-10-20(33)22(18)25(34)21(16)27(36)30(19,39)28(37)23(26(24)35)29(31)38/h4-11,16,19,24,33-34,37,39H,12-13H2,1-3H3,(H2,31,38)/b8-7+/t16?,19?,24-,30-/m0/s1. The Morgan fingerprint density at radius 1 is 1.12 bits per heavy atom. The van der Waals surface area contributed by atoms with Crippen molar-refractivity contribution in [3.05, 3.63) is 75.6 Å². The van der Waals surface area contributed by atoms with Gasteiger partial charge in [-0.2, -0.15) is 0 Å². The SMILES string of the molecule is COc1cccc(/C=C/c2ccc(O)c3c2CC2CC4[C@H](N(C)C)C(=O)C(C(N)=O)=C(O)[C@@]4(O)C(=O)C2=C3O)c1. The first-order valence-corrected chi connectivity index (χ1v) is 12.7. The summed E-state index contributed by atoms with van der Waals surface area (Å²) in [6.45, 7) is 0. The molecule has 2 aromatic rings. The van der Waals surface area contributed by atoms with Crippen LogP contribution in [0.4, 0.5) is 0 Å². The third-order valence-electron chi connectivity index (χ3n) is 8.19. The van der Waals surface area contributed by atoms with Crippen molar-refractivity contribution in [2.75, 3.05) is 21.2 Å². The van der Waals surface area contributed by atoms with E-state index < -0.39 is 58.0 Å². The van der Waals surface area contributed by atoms with Crippen LogP contribution in [0.15, 0.2) is 53.3 Å². The number of ketones is 2. The number of likely N-dealkylation sites (N-methyl/N-ethyl adjacent to an activating group) is 1. The number of aliphatic hydroxyl groups is 3. The Kier molecular flexibility index (Phi) is 6.56. The second-order valence-electron chi connectivity index (χ2n) is 10.6. The van der Waals surface area contributed by atoms with Crippen LogP contribution < -0.4 is 10.5 Å². The number of carbonyl (C=O) groups is 3. The molecule has 3 aliphatic rings. The molecule has 40 heavy (non-hydrogen) atoms. The lowest BCUT2D eigenvalue weighted by Crippen LogP contribution is -2.65. The van der Waals surface area contributed by atoms with E-state index in [0.717, 1.165) is 5.56 Å². The number of fused-ring (bicyclic) bond motifs is 3. The van der Waals surface area contributed by atoms with Crippen LogP contribution in [-0.2, 0) is 20.8 Å². The van der Waals surface area contributed by atoms with Crippen molar-refractivity contribution in [3.8, 4) is 11.5 Å². The number of primary amides is 1. The fraction of sp³-hybridized carbons (Fsp3) is 0.300. The molecular formula is C30H30N2O8. The number of Topliss-reactive ketones (excluding diaryl/α,β-unsaturated/α-hetero) is 2. The summed E-state index contributed by atoms with van der Waals surface area (Å²) < 4.78 is 5.28. The maximum Gasteiger partial charge on any atom is 0.255 e. The van der Waals surface area contributed by atoms with E-state index in [-0.39, 0.29) is 29.7 Å². The molecule has 0 heterocycles. The summed E-state index contributed by atoms with van der Waals surface area (Å²) in [5, 5.41) is 44.7. The third-order valence-corrected chi connectivity index (χ3v) is 8.19. The topological polar surface area (TPSA) is 171 Å². The highest BCUT2D eigenvalue weighted by Crippen LogP contribution is 2.53. The first kappa shape index (κ1) is 27.2. The van der Waals surface area contributed by atoms with Crippen molar-refractivity contribution in [1.82, 2.24) is 4.90 Å². The van der Waals surface area contributed by atoms with Crippen molar-refractivity contribution in [1.29, 1.82) is 0 Å². The Bertz CT molecular complexity index is 1550. The quantitative estimate of drug-likeness (QED) is 0.278. The van der Waals surface area contributed by atoms with Crippen LogP contribution in [0.25, 0.3) is 17.9 Å². The number of phenolic OH excluding ortho intramolecular Hbond substituents is 1. The van der Waals surface area contributed by atoms with Crippen LogP contribution in [0.1, 0.15) is 28.7 Å². The summed E-state index contributed by atoms with van der Waals surface area (Å²) in [6, 6.07) is 9.38. The number of methoxy groups -OCH3 is 1. The number of phenols is 1. The van der Waals surface area contributed by atoms with Crippen molar-refractivity contribution in [3.63, 3.8) is 0 Å². The molecule has 1 amide bonds. The second kappa shape index (κ2) is 9.65. The molecule has 2 unspecified atom stereocenters. The smallest absolute Gasteiger partial charge is 0.255 e. The molecule has 0 radical (unpaired) electrons. The van der Waals surface area contributed by atoms with Gasteiger partial charge in [-0.3, -0.25) is 19.3 Å². The van der Waals surface area contributed by atoms with Crippen molar-refractivity contribution in [2.45, 2.75) is 24.5 Å². The largest absolute Gasteiger partial charge is 0.508 e. The van der Waals surface area contributed by atoms with E-state index in [1.165, 1.54) is 11.0 Å². The van der Waals surface area contributed by atoms with E-state index >= 15 is 0 Å². The number of benzene rings is 2. The first-order chi connectivity index (χ1) is 18.9. The Hall–Kier alpha value is -4.41. The van der Waals surface area contributed by atoms with Gasteiger partial charge >= 0.3 is 0 Å². The van der Waals surface area contributed by atoms with Gasteiger partial charge in [-0.15, -0.1) is 0 Å². The van der Waals surface area contributed by atoms with E-state index in [1.807, 2.05) is 36.4 Å². The highest BCUT2D eigenvalue weighted by molar-refractivity contribution is 6.24. The zero-order valence-electron chi connectivity index (χ0n) is 22.2. The number of nitrogens with two attached hydrogens (primary N) is 1. The van der Waals surface area contributed by atoms with E-state index in [4.69, 9.17) is 10.5 Å². The summed E-state index contributed by atoms with van der Waals surface area (Å²) in [7, 11) is 4.70. The van der Waals surface area contributed by atoms with Crippen molar-refractivity contribution >= 4 is 35.4 Å². The minimum absolute atomic E-state index is 0.0282. The molecule has 6 N–H and O–H groups in total. The Morgan fingerprint density at radius 2 is 1.85 bits per heavy atom. The van der Waals surface area contributed by atoms with E-state index in [2.05, 4.69) is 0 Å². The van der Waals surface area contributed by atoms with Gasteiger partial charge in [0.2, 0.25) is 5.78 Å². The van der Waals surface area contributed by atoms with E-state index in [9.17, 15) is 34.8 Å². The maximum atomic E-state index is 13.9. The van der Waals surface area contributed by atoms with Gasteiger partial charge in [-0.05, 0) is 67.7 Å². The second-order valence-corrected chi connectivity index (χ2v) is 10.6. The van der Waals surface area contributed by atoms with Gasteiger partial charge in [0.25, 0.3) is 5.91 Å². The molecule has 10 heteroatoms. The van der Waals surface area contributed by atoms with E-state index in [1.54, 1.807) is 27.3 Å². The van der Waals surface area contributed by atoms with Crippen LogP contribution in [0.3, 0.4) is 0 Å². The Balaban J connectivity index is 1.65. The highest BCUT2D eigenvalue weighted by atomic mass is 16.5. The lowest BCUT2D eigenvalue weighted by atomic mass is 9.57. The lowest BCUT2D eigenvalue weighted by Gasteiger charge is -2.50. The molecule has 5 rings (SSSR count). The minimum Gasteiger partial charge on any atom is -0.508 e. The zero-order chi connectivity index (χ0) is 29.1. The number of nitrogens with zero attached hydrogens (tertiary/aromatic N) is 1. The number of carbonyl (C=O) groups excluding carboxylic acids is 3. The van der Waals surface area contributed by atoms with Gasteiger partial charge in [0.15, 0.2) is 11.4 Å². The molecule has 0 bridgehead atoms. The maximum absolute atomic E-state index is 13.9. The minimum atomic E-state index is -2.66. The molecule has 208 valence electrons. The number of amides is 1. The fourth-order valence-electron chi connectivity index (χ4n) is 6.36. The average Bonchev–Trinajstić information content (AvgIpc) is 2.90. The number of rotatable bonds is 5. The monoisotopic (exact) mass is 546 g/mol. The molecule has 2 aromatic carbocycles. The van der Waals surface area contributed by atoms with Crippen LogP contribution in [-0.4, -0.2) is 75.6 Å². The number of aromatic hydroxyl groups is 1. The van der Waals surface area contributed by atoms with Gasteiger partial charge < -0.3 is 30.9 Å². The molecule has 0 spiro atoms. The molecule has 1 fully saturated rings. The lowest BCUT2D eigenvalue weighted by molar-refractivity contribution is -0.153. The number of aliphatic hydroxyl groups excluding tert-OH is 2. The van der Waals surface area contributed by atoms with Crippen LogP contribution in [0.2, 0.25) is 0 Å². The first-order valence-electron chi connectivity index (χ1n) is 12.7. The summed E-state index contributed by atoms with van der Waals surface area (Å²) in [5.41, 5.74) is 3.85. The van der Waals surface area contributed by atoms with Crippen molar-refractivity contribution in [2.24, 2.45) is 17.6 Å². The van der Waals surface area contributed by atoms with Gasteiger partial charge in [0.05, 0.1) is 18.7 Å². The molecule has 4 atom stereocenters. The van der Waals surface area contributed by atoms with Gasteiger partial charge in [0.1, 0.15) is 28.6 Å². The van der Waals surface area contributed by atoms with Crippen LogP contribution in [0, 0.1) is 11.8 Å². The number of hydrogen-bond donors (Lipinski definition) is 5. The summed E-state index contributed by atoms with van der Waals surface area (Å²) in [4.78, 5) is 40.7. The molecular weight excluding hydrogens is 516 g/mol. The summed E-state index contributed by atoms with van der Waals surface area (Å²) in [5.74, 6) is -6.08. The average molecular weight is 547 g/mol. The fourth-order valence-corrected chi connectivity index (χ4v) is 6.36. The molecule has 10 nitrogen and oxygen atoms in total. The van der Waals surface area contributed by atoms with Crippen LogP contribution >= 0.6 is 0 Å². The van der Waals surface area contributed by atoms with Gasteiger partial charge in [0, 0.05) is 11.5 Å². The molecule has 0 aromatic heterocycles. The zero-order valence-corrected chi connectivity index (χ0v) is 22.2. The number of hydrogen-bond acceptors (Lipinski definition) is 9. The highest BCUT2D eigenvalue weighted by Gasteiger charge is 2.64. The summed E-state index contributed by atoms with van der Waals surface area (Å²) in [6.07, 6.45) is 3.92. The molecule has 0 aliphatic heterocycles. The van der Waals surface area contributed by atoms with Gasteiger partial charge in [-0.25, -0.2) is 0 Å².